The highest BCUT2D eigenvalue weighted by atomic mass is 16.2. The molecular formula is C10H14N4O2. The molecule has 0 unspecified atom stereocenters. The smallest absolute Gasteiger partial charge is 0.254 e. The molecule has 0 aliphatic carbocycles. The fourth-order valence-electron chi connectivity index (χ4n) is 1.17. The molecule has 16 heavy (non-hydrogen) atoms. The largest absolute Gasteiger partial charge is 0.398 e. The van der Waals surface area contributed by atoms with Gasteiger partial charge >= 0.3 is 0 Å². The van der Waals surface area contributed by atoms with E-state index in [4.69, 9.17) is 11.5 Å². The van der Waals surface area contributed by atoms with Crippen LogP contribution in [0.2, 0.25) is 0 Å². The van der Waals surface area contributed by atoms with Gasteiger partial charge in [-0.05, 0) is 13.0 Å². The highest BCUT2D eigenvalue weighted by molar-refractivity contribution is 5.98. The van der Waals surface area contributed by atoms with E-state index in [0.29, 0.717) is 11.3 Å². The van der Waals surface area contributed by atoms with E-state index >= 15 is 0 Å². The number of aryl methyl sites for hydroxylation is 1. The standard InChI is InChI=1S/C10H14N4O2/c1-6-4-8(11)7(5-14-6)10(16)13-3-2-9(12)15/h4-5H,2-3H2,1H3,(H2,11,14)(H2,12,15)(H,13,16). The number of nitrogen functional groups attached to an aromatic ring is 1. The number of carbonyl (C=O) groups is 2. The summed E-state index contributed by atoms with van der Waals surface area (Å²) >= 11 is 0. The second-order valence-corrected chi connectivity index (χ2v) is 3.39. The lowest BCUT2D eigenvalue weighted by Crippen LogP contribution is -2.28. The minimum Gasteiger partial charge on any atom is -0.398 e. The van der Waals surface area contributed by atoms with Crippen molar-refractivity contribution < 1.29 is 9.59 Å². The number of nitrogens with two attached hydrogens (primary N) is 2. The van der Waals surface area contributed by atoms with Crippen molar-refractivity contribution in [1.29, 1.82) is 0 Å². The highest BCUT2D eigenvalue weighted by Gasteiger charge is 2.09. The average molecular weight is 222 g/mol. The van der Waals surface area contributed by atoms with Gasteiger partial charge < -0.3 is 16.8 Å². The van der Waals surface area contributed by atoms with Crippen LogP contribution in [0, 0.1) is 6.92 Å². The van der Waals surface area contributed by atoms with E-state index in [2.05, 4.69) is 10.3 Å². The van der Waals surface area contributed by atoms with Gasteiger partial charge in [0.1, 0.15) is 0 Å². The van der Waals surface area contributed by atoms with Crippen LogP contribution >= 0.6 is 0 Å². The predicted molar refractivity (Wildman–Crippen MR) is 59.5 cm³/mol. The summed E-state index contributed by atoms with van der Waals surface area (Å²) < 4.78 is 0. The van der Waals surface area contributed by atoms with Gasteiger partial charge in [0.15, 0.2) is 0 Å². The Morgan fingerprint density at radius 3 is 2.75 bits per heavy atom. The molecule has 5 N–H and O–H groups in total. The third-order valence-corrected chi connectivity index (χ3v) is 1.97. The van der Waals surface area contributed by atoms with Crippen LogP contribution < -0.4 is 16.8 Å². The van der Waals surface area contributed by atoms with Crippen LogP contribution in [0.3, 0.4) is 0 Å². The number of nitrogens with zero attached hydrogens (tertiary/aromatic N) is 1. The van der Waals surface area contributed by atoms with Crippen LogP contribution in [-0.2, 0) is 4.79 Å². The predicted octanol–water partition coefficient (Wildman–Crippen LogP) is -0.423. The summed E-state index contributed by atoms with van der Waals surface area (Å²) in [6.45, 7) is 1.98. The van der Waals surface area contributed by atoms with Crippen molar-refractivity contribution in [3.63, 3.8) is 0 Å². The summed E-state index contributed by atoms with van der Waals surface area (Å²) in [5.74, 6) is -0.818. The molecule has 0 atom stereocenters. The molecule has 1 heterocycles. The van der Waals surface area contributed by atoms with Crippen molar-refractivity contribution >= 4 is 17.5 Å². The van der Waals surface area contributed by atoms with Crippen LogP contribution in [0.5, 0.6) is 0 Å². The van der Waals surface area contributed by atoms with E-state index < -0.39 is 5.91 Å². The number of primary amides is 1. The first-order valence-electron chi connectivity index (χ1n) is 4.79. The zero-order valence-corrected chi connectivity index (χ0v) is 8.99. The Hall–Kier alpha value is -2.11. The van der Waals surface area contributed by atoms with Crippen LogP contribution in [-0.4, -0.2) is 23.3 Å². The first-order chi connectivity index (χ1) is 7.50. The molecule has 0 saturated heterocycles. The molecule has 1 aromatic rings. The van der Waals surface area contributed by atoms with E-state index in [9.17, 15) is 9.59 Å². The van der Waals surface area contributed by atoms with Gasteiger partial charge in [-0.25, -0.2) is 0 Å². The zero-order valence-electron chi connectivity index (χ0n) is 8.99. The van der Waals surface area contributed by atoms with Gasteiger partial charge in [-0.15, -0.1) is 0 Å². The Morgan fingerprint density at radius 1 is 1.50 bits per heavy atom. The van der Waals surface area contributed by atoms with Crippen LogP contribution in [0.25, 0.3) is 0 Å². The Labute approximate surface area is 93.0 Å². The van der Waals surface area contributed by atoms with Gasteiger partial charge in [-0.3, -0.25) is 14.6 Å². The molecule has 1 rings (SSSR count). The SMILES string of the molecule is Cc1cc(N)c(C(=O)NCCC(N)=O)cn1. The van der Waals surface area contributed by atoms with Crippen molar-refractivity contribution in [3.8, 4) is 0 Å². The summed E-state index contributed by atoms with van der Waals surface area (Å²) in [5, 5.41) is 2.53. The Kier molecular flexibility index (Phi) is 3.82. The molecular weight excluding hydrogens is 208 g/mol. The maximum absolute atomic E-state index is 11.6. The first kappa shape index (κ1) is 12.0. The monoisotopic (exact) mass is 222 g/mol. The van der Waals surface area contributed by atoms with Crippen molar-refractivity contribution in [2.24, 2.45) is 5.73 Å². The number of rotatable bonds is 4. The van der Waals surface area contributed by atoms with E-state index in [0.717, 1.165) is 5.69 Å². The fraction of sp³-hybridized carbons (Fsp3) is 0.300. The minimum atomic E-state index is -0.463. The second kappa shape index (κ2) is 5.11. The summed E-state index contributed by atoms with van der Waals surface area (Å²) in [6.07, 6.45) is 1.51. The molecule has 0 radical (unpaired) electrons. The molecule has 2 amide bonds. The van der Waals surface area contributed by atoms with Gasteiger partial charge in [0.25, 0.3) is 5.91 Å². The van der Waals surface area contributed by atoms with Gasteiger partial charge in [0.2, 0.25) is 5.91 Å². The lowest BCUT2D eigenvalue weighted by molar-refractivity contribution is -0.117. The number of aromatic nitrogens is 1. The van der Waals surface area contributed by atoms with Crippen molar-refractivity contribution in [2.45, 2.75) is 13.3 Å². The number of anilines is 1. The van der Waals surface area contributed by atoms with E-state index in [1.165, 1.54) is 6.20 Å². The number of pyridine rings is 1. The Balaban J connectivity index is 2.63. The molecule has 0 aromatic carbocycles. The molecule has 0 bridgehead atoms. The van der Waals surface area contributed by atoms with Crippen LogP contribution in [0.1, 0.15) is 22.5 Å². The number of nitrogens with one attached hydrogen (secondary N) is 1. The molecule has 0 saturated carbocycles. The summed E-state index contributed by atoms with van der Waals surface area (Å²) in [4.78, 5) is 26.0. The number of hydrogen-bond donors (Lipinski definition) is 3. The molecule has 0 aliphatic rings. The van der Waals surface area contributed by atoms with Crippen molar-refractivity contribution in [1.82, 2.24) is 10.3 Å². The quantitative estimate of drug-likeness (QED) is 0.642. The van der Waals surface area contributed by atoms with Gasteiger partial charge in [-0.1, -0.05) is 0 Å². The van der Waals surface area contributed by atoms with E-state index in [1.807, 2.05) is 0 Å². The van der Waals surface area contributed by atoms with Crippen molar-refractivity contribution in [3.05, 3.63) is 23.5 Å². The number of hydrogen-bond acceptors (Lipinski definition) is 4. The van der Waals surface area contributed by atoms with Gasteiger partial charge in [0, 0.05) is 30.5 Å². The zero-order chi connectivity index (χ0) is 12.1. The molecule has 6 heteroatoms. The van der Waals surface area contributed by atoms with E-state index in [1.54, 1.807) is 13.0 Å². The second-order valence-electron chi connectivity index (χ2n) is 3.39. The summed E-state index contributed by atoms with van der Waals surface area (Å²) in [5.41, 5.74) is 12.0. The number of carbonyl (C=O) groups excluding carboxylic acids is 2. The lowest BCUT2D eigenvalue weighted by atomic mass is 10.2. The fourth-order valence-corrected chi connectivity index (χ4v) is 1.17. The lowest BCUT2D eigenvalue weighted by Gasteiger charge is -2.06. The molecule has 1 aromatic heterocycles. The molecule has 6 nitrogen and oxygen atoms in total. The maximum atomic E-state index is 11.6. The Bertz CT molecular complexity index is 417. The maximum Gasteiger partial charge on any atom is 0.254 e. The average Bonchev–Trinajstić information content (AvgIpc) is 2.16. The first-order valence-corrected chi connectivity index (χ1v) is 4.79. The summed E-state index contributed by atoms with van der Waals surface area (Å²) in [6, 6.07) is 1.61. The number of amides is 2. The third kappa shape index (κ3) is 3.23. The molecule has 86 valence electrons. The molecule has 0 aliphatic heterocycles. The minimum absolute atomic E-state index is 0.102. The van der Waals surface area contributed by atoms with Gasteiger partial charge in [-0.2, -0.15) is 0 Å². The van der Waals surface area contributed by atoms with Gasteiger partial charge in [0.05, 0.1) is 5.56 Å². The normalized spacial score (nSPS) is 9.81. The summed E-state index contributed by atoms with van der Waals surface area (Å²) in [7, 11) is 0. The molecule has 0 fully saturated rings. The van der Waals surface area contributed by atoms with Crippen LogP contribution in [0.15, 0.2) is 12.3 Å². The van der Waals surface area contributed by atoms with Crippen molar-refractivity contribution in [2.75, 3.05) is 12.3 Å². The Morgan fingerprint density at radius 2 is 2.19 bits per heavy atom. The molecule has 0 spiro atoms. The van der Waals surface area contributed by atoms with Crippen LogP contribution in [0.4, 0.5) is 5.69 Å². The van der Waals surface area contributed by atoms with E-state index in [-0.39, 0.29) is 18.9 Å². The topological polar surface area (TPSA) is 111 Å². The third-order valence-electron chi connectivity index (χ3n) is 1.97. The highest BCUT2D eigenvalue weighted by Crippen LogP contribution is 2.10.